The third kappa shape index (κ3) is 8.82. The summed E-state index contributed by atoms with van der Waals surface area (Å²) in [5, 5.41) is 0. The van der Waals surface area contributed by atoms with E-state index in [2.05, 4.69) is 4.52 Å². The molecule has 2 nitrogen and oxygen atoms in total. The van der Waals surface area contributed by atoms with Gasteiger partial charge in [-0.05, 0) is 0 Å². The molecule has 4 heteroatoms. The van der Waals surface area contributed by atoms with Crippen LogP contribution in [0.3, 0.4) is 0 Å². The molecule has 0 aliphatic rings. The molecule has 0 aliphatic carbocycles. The summed E-state index contributed by atoms with van der Waals surface area (Å²) >= 11 is 0. The molecule has 0 spiro atoms. The van der Waals surface area contributed by atoms with Crippen LogP contribution in [0.25, 0.3) is 0 Å². The van der Waals surface area contributed by atoms with E-state index >= 15 is 0 Å². The van der Waals surface area contributed by atoms with E-state index in [1.807, 2.05) is 9.47 Å². The van der Waals surface area contributed by atoms with E-state index in [-0.39, 0.29) is 24.8 Å². The number of carbonyl (C=O) groups excluding carboxylic acids is 1. The van der Waals surface area contributed by atoms with Gasteiger partial charge in [-0.15, -0.1) is 0 Å². The zero-order valence-electron chi connectivity index (χ0n) is 2.89. The minimum absolute atomic E-state index is 0. The average molecular weight is 100.0 g/mol. The zero-order valence-corrected chi connectivity index (χ0v) is 4.05. The van der Waals surface area contributed by atoms with Crippen molar-refractivity contribution in [3.05, 3.63) is 0 Å². The monoisotopic (exact) mass is 100 g/mol. The maximum atomic E-state index is 9.57. The molecule has 0 amide bonds. The molecule has 0 N–H and O–H groups in total. The van der Waals surface area contributed by atoms with Crippen molar-refractivity contribution in [1.29, 1.82) is 0 Å². The van der Waals surface area contributed by atoms with Gasteiger partial charge in [-0.25, -0.2) is 0 Å². The van der Waals surface area contributed by atoms with E-state index in [0.29, 0.717) is 0 Å². The van der Waals surface area contributed by atoms with Gasteiger partial charge in [0, 0.05) is 6.92 Å². The molecular formula is C2H6LiO2P. The third-order valence-corrected chi connectivity index (χ3v) is 0.498. The first-order chi connectivity index (χ1) is 2.27. The predicted octanol–water partition coefficient (Wildman–Crippen LogP) is -0.309. The Morgan fingerprint density at radius 2 is 2.00 bits per heavy atom. The average Bonchev–Trinajstić information content (AvgIpc) is 1.38. The Hall–Kier alpha value is 0.497. The molecule has 0 aromatic heterocycles. The molecular weight excluding hydrogens is 93.9 g/mol. The molecule has 0 aromatic rings. The molecule has 0 saturated heterocycles. The molecule has 0 heterocycles. The predicted molar refractivity (Wildman–Crippen MR) is 28.6 cm³/mol. The van der Waals surface area contributed by atoms with Crippen molar-refractivity contribution >= 4 is 34.3 Å². The van der Waals surface area contributed by atoms with Gasteiger partial charge in [0.05, 0.1) is 9.47 Å². The fraction of sp³-hybridized carbons (Fsp3) is 0.500. The molecule has 1 unspecified atom stereocenters. The van der Waals surface area contributed by atoms with Gasteiger partial charge in [0.25, 0.3) is 0 Å². The zero-order chi connectivity index (χ0) is 4.28. The second-order valence-corrected chi connectivity index (χ2v) is 0.845. The van der Waals surface area contributed by atoms with Crippen molar-refractivity contribution in [2.24, 2.45) is 0 Å². The summed E-state index contributed by atoms with van der Waals surface area (Å²) in [4.78, 5) is 9.57. The first-order valence-electron chi connectivity index (χ1n) is 1.14. The fourth-order valence-electron chi connectivity index (χ4n) is 0. The Balaban J connectivity index is 0. The summed E-state index contributed by atoms with van der Waals surface area (Å²) in [5.41, 5.74) is 0. The summed E-state index contributed by atoms with van der Waals surface area (Å²) in [6.07, 6.45) is 0. The van der Waals surface area contributed by atoms with E-state index < -0.39 is 0 Å². The fourth-order valence-corrected chi connectivity index (χ4v) is 0. The van der Waals surface area contributed by atoms with Crippen LogP contribution in [0.2, 0.25) is 0 Å². The van der Waals surface area contributed by atoms with Crippen molar-refractivity contribution < 1.29 is 9.32 Å². The first-order valence-corrected chi connectivity index (χ1v) is 1.62. The van der Waals surface area contributed by atoms with Crippen LogP contribution in [0.15, 0.2) is 0 Å². The summed E-state index contributed by atoms with van der Waals surface area (Å²) in [5.74, 6) is -0.282. The SMILES string of the molecule is CC(=O)OP.[LiH]. The van der Waals surface area contributed by atoms with E-state index in [9.17, 15) is 4.79 Å². The number of rotatable bonds is 0. The molecule has 0 aliphatic heterocycles. The first kappa shape index (κ1) is 9.71. The van der Waals surface area contributed by atoms with Crippen LogP contribution in [-0.4, -0.2) is 24.8 Å². The molecule has 0 rings (SSSR count). The van der Waals surface area contributed by atoms with Crippen LogP contribution in [0.5, 0.6) is 0 Å². The van der Waals surface area contributed by atoms with Crippen molar-refractivity contribution in [3.8, 4) is 0 Å². The molecule has 0 aromatic carbocycles. The van der Waals surface area contributed by atoms with Crippen LogP contribution in [0, 0.1) is 0 Å². The van der Waals surface area contributed by atoms with Gasteiger partial charge in [0.1, 0.15) is 0 Å². The molecule has 6 heavy (non-hydrogen) atoms. The Labute approximate surface area is 51.1 Å². The molecule has 0 saturated carbocycles. The summed E-state index contributed by atoms with van der Waals surface area (Å²) in [7, 11) is 1.84. The molecule has 0 bridgehead atoms. The summed E-state index contributed by atoms with van der Waals surface area (Å²) < 4.78 is 4.03. The normalized spacial score (nSPS) is 5.67. The number of hydrogen-bond donors (Lipinski definition) is 0. The minimum atomic E-state index is -0.282. The van der Waals surface area contributed by atoms with E-state index in [1.54, 1.807) is 0 Å². The van der Waals surface area contributed by atoms with Crippen LogP contribution >= 0.6 is 9.47 Å². The van der Waals surface area contributed by atoms with Gasteiger partial charge in [-0.1, -0.05) is 0 Å². The number of hydrogen-bond acceptors (Lipinski definition) is 2. The second kappa shape index (κ2) is 5.50. The Morgan fingerprint density at radius 1 is 1.83 bits per heavy atom. The van der Waals surface area contributed by atoms with Crippen LogP contribution in [0.4, 0.5) is 0 Å². The van der Waals surface area contributed by atoms with Crippen LogP contribution in [0.1, 0.15) is 6.92 Å². The van der Waals surface area contributed by atoms with Crippen LogP contribution in [-0.2, 0) is 9.32 Å². The van der Waals surface area contributed by atoms with Gasteiger partial charge < -0.3 is 4.52 Å². The quantitative estimate of drug-likeness (QED) is 0.308. The molecule has 0 fully saturated rings. The van der Waals surface area contributed by atoms with Gasteiger partial charge in [-0.2, -0.15) is 0 Å². The van der Waals surface area contributed by atoms with Gasteiger partial charge in [-0.3, -0.25) is 4.79 Å². The van der Waals surface area contributed by atoms with Gasteiger partial charge >= 0.3 is 24.8 Å². The third-order valence-electron chi connectivity index (χ3n) is 0.166. The van der Waals surface area contributed by atoms with Gasteiger partial charge in [0.15, 0.2) is 0 Å². The molecule has 32 valence electrons. The summed E-state index contributed by atoms with van der Waals surface area (Å²) in [6, 6.07) is 0. The van der Waals surface area contributed by atoms with E-state index in [1.165, 1.54) is 6.92 Å². The van der Waals surface area contributed by atoms with Crippen molar-refractivity contribution in [2.45, 2.75) is 6.92 Å². The van der Waals surface area contributed by atoms with Crippen LogP contribution < -0.4 is 0 Å². The maximum absolute atomic E-state index is 9.57. The Kier molecular flexibility index (Phi) is 8.89. The topological polar surface area (TPSA) is 26.3 Å². The Morgan fingerprint density at radius 3 is 2.00 bits per heavy atom. The van der Waals surface area contributed by atoms with Gasteiger partial charge in [0.2, 0.25) is 0 Å². The van der Waals surface area contributed by atoms with Crippen molar-refractivity contribution in [1.82, 2.24) is 0 Å². The standard InChI is InChI=1S/C2H5O2P.Li.H/c1-2(3)4-5;;/h5H2,1H3;;. The number of carbonyl (C=O) groups is 1. The van der Waals surface area contributed by atoms with Crippen molar-refractivity contribution in [2.75, 3.05) is 0 Å². The Bertz CT molecular complexity index is 46.8. The van der Waals surface area contributed by atoms with Crippen molar-refractivity contribution in [3.63, 3.8) is 0 Å². The molecule has 1 atom stereocenters. The van der Waals surface area contributed by atoms with E-state index in [0.717, 1.165) is 0 Å². The summed E-state index contributed by atoms with van der Waals surface area (Å²) in [6.45, 7) is 1.34. The second-order valence-electron chi connectivity index (χ2n) is 0.609. The molecule has 0 radical (unpaired) electrons. The van der Waals surface area contributed by atoms with E-state index in [4.69, 9.17) is 0 Å².